The molecule has 0 spiro atoms. The van der Waals surface area contributed by atoms with Crippen LogP contribution in [-0.4, -0.2) is 58.7 Å². The van der Waals surface area contributed by atoms with Gasteiger partial charge in [-0.1, -0.05) is 35.0 Å². The molecule has 1 N–H and O–H groups in total. The van der Waals surface area contributed by atoms with E-state index in [0.717, 1.165) is 50.1 Å². The standard InChI is InChI=1S/C21H24ClN7O.HI/c1-2-23-21(29-12-10-28(11-13-29)18-8-3-4-9-24-18)25-15-19-26-20(27-30-19)16-6-5-7-17(22)14-16;/h3-9,14H,2,10-13,15H2,1H3,(H,23,25);1H. The molecule has 0 aliphatic carbocycles. The van der Waals surface area contributed by atoms with Crippen LogP contribution >= 0.6 is 35.6 Å². The van der Waals surface area contributed by atoms with Crippen molar-refractivity contribution in [3.63, 3.8) is 0 Å². The molecule has 164 valence electrons. The number of halogens is 2. The molecular formula is C21H25ClIN7O. The average Bonchev–Trinajstić information content (AvgIpc) is 3.27. The van der Waals surface area contributed by atoms with E-state index in [2.05, 4.69) is 37.2 Å². The largest absolute Gasteiger partial charge is 0.357 e. The third-order valence-electron chi connectivity index (χ3n) is 4.80. The molecule has 0 unspecified atom stereocenters. The zero-order chi connectivity index (χ0) is 20.8. The van der Waals surface area contributed by atoms with E-state index in [1.165, 1.54) is 0 Å². The highest BCUT2D eigenvalue weighted by atomic mass is 127. The first-order valence-electron chi connectivity index (χ1n) is 10.0. The summed E-state index contributed by atoms with van der Waals surface area (Å²) in [6, 6.07) is 13.4. The Hall–Kier alpha value is -2.40. The van der Waals surface area contributed by atoms with Gasteiger partial charge >= 0.3 is 0 Å². The molecule has 10 heteroatoms. The van der Waals surface area contributed by atoms with Gasteiger partial charge in [-0.2, -0.15) is 4.98 Å². The molecule has 0 amide bonds. The van der Waals surface area contributed by atoms with Gasteiger partial charge in [0.15, 0.2) is 5.96 Å². The molecule has 31 heavy (non-hydrogen) atoms. The summed E-state index contributed by atoms with van der Waals surface area (Å²) in [6.45, 7) is 6.67. The predicted octanol–water partition coefficient (Wildman–Crippen LogP) is 3.69. The smallest absolute Gasteiger partial charge is 0.248 e. The van der Waals surface area contributed by atoms with Crippen molar-refractivity contribution in [3.8, 4) is 11.4 Å². The zero-order valence-corrected chi connectivity index (χ0v) is 20.3. The molecule has 2 aromatic heterocycles. The number of rotatable bonds is 5. The van der Waals surface area contributed by atoms with Gasteiger partial charge in [0.2, 0.25) is 11.7 Å². The second-order valence-corrected chi connectivity index (χ2v) is 7.29. The van der Waals surface area contributed by atoms with E-state index in [0.29, 0.717) is 23.3 Å². The van der Waals surface area contributed by atoms with E-state index in [-0.39, 0.29) is 24.0 Å². The number of aromatic nitrogens is 3. The molecule has 3 heterocycles. The predicted molar refractivity (Wildman–Crippen MR) is 133 cm³/mol. The van der Waals surface area contributed by atoms with Gasteiger partial charge < -0.3 is 19.6 Å². The fraction of sp³-hybridized carbons (Fsp3) is 0.333. The van der Waals surface area contributed by atoms with Crippen LogP contribution in [0.1, 0.15) is 12.8 Å². The van der Waals surface area contributed by atoms with Gasteiger partial charge in [-0.3, -0.25) is 0 Å². The average molecular weight is 554 g/mol. The molecule has 4 rings (SSSR count). The lowest BCUT2D eigenvalue weighted by Gasteiger charge is -2.37. The summed E-state index contributed by atoms with van der Waals surface area (Å²) < 4.78 is 5.38. The molecule has 1 aliphatic heterocycles. The van der Waals surface area contributed by atoms with Crippen molar-refractivity contribution < 1.29 is 4.52 Å². The molecule has 0 saturated carbocycles. The van der Waals surface area contributed by atoms with Crippen LogP contribution < -0.4 is 10.2 Å². The van der Waals surface area contributed by atoms with Crippen LogP contribution in [0, 0.1) is 0 Å². The quantitative estimate of drug-likeness (QED) is 0.293. The molecule has 1 aliphatic rings. The Morgan fingerprint density at radius 2 is 2.00 bits per heavy atom. The molecule has 0 bridgehead atoms. The fourth-order valence-electron chi connectivity index (χ4n) is 3.32. The maximum atomic E-state index is 6.05. The minimum Gasteiger partial charge on any atom is -0.357 e. The Bertz CT molecular complexity index is 990. The van der Waals surface area contributed by atoms with Gasteiger partial charge in [0.05, 0.1) is 0 Å². The zero-order valence-electron chi connectivity index (χ0n) is 17.2. The Morgan fingerprint density at radius 3 is 2.71 bits per heavy atom. The van der Waals surface area contributed by atoms with Crippen molar-refractivity contribution >= 4 is 47.4 Å². The van der Waals surface area contributed by atoms with Crippen LogP contribution in [0.5, 0.6) is 0 Å². The van der Waals surface area contributed by atoms with E-state index < -0.39 is 0 Å². The maximum absolute atomic E-state index is 6.05. The number of pyridine rings is 1. The monoisotopic (exact) mass is 553 g/mol. The molecule has 1 aromatic carbocycles. The lowest BCUT2D eigenvalue weighted by atomic mass is 10.2. The van der Waals surface area contributed by atoms with Gasteiger partial charge in [0, 0.05) is 49.5 Å². The summed E-state index contributed by atoms with van der Waals surface area (Å²) in [5, 5.41) is 8.04. The number of nitrogens with zero attached hydrogens (tertiary/aromatic N) is 6. The van der Waals surface area contributed by atoms with E-state index in [4.69, 9.17) is 21.1 Å². The third kappa shape index (κ3) is 6.07. The fourth-order valence-corrected chi connectivity index (χ4v) is 3.51. The highest BCUT2D eigenvalue weighted by molar-refractivity contribution is 14.0. The highest BCUT2D eigenvalue weighted by Crippen LogP contribution is 2.20. The number of benzene rings is 1. The molecule has 8 nitrogen and oxygen atoms in total. The first kappa shape index (κ1) is 23.3. The first-order chi connectivity index (χ1) is 14.7. The van der Waals surface area contributed by atoms with Crippen LogP contribution in [0.3, 0.4) is 0 Å². The molecule has 3 aromatic rings. The van der Waals surface area contributed by atoms with Crippen LogP contribution in [0.25, 0.3) is 11.4 Å². The SMILES string of the molecule is CCNC(=NCc1nc(-c2cccc(Cl)c2)no1)N1CCN(c2ccccn2)CC1.I. The number of hydrogen-bond donors (Lipinski definition) is 1. The van der Waals surface area contributed by atoms with Gasteiger partial charge in [-0.15, -0.1) is 24.0 Å². The van der Waals surface area contributed by atoms with Gasteiger partial charge in [-0.05, 0) is 31.2 Å². The molecule has 1 saturated heterocycles. The number of aliphatic imine (C=N–C) groups is 1. The van der Waals surface area contributed by atoms with Gasteiger partial charge in [0.25, 0.3) is 0 Å². The topological polar surface area (TPSA) is 82.7 Å². The summed E-state index contributed by atoms with van der Waals surface area (Å²) in [4.78, 5) is 18.1. The normalized spacial score (nSPS) is 14.3. The van der Waals surface area contributed by atoms with E-state index in [9.17, 15) is 0 Å². The van der Waals surface area contributed by atoms with Crippen LogP contribution in [0.15, 0.2) is 58.2 Å². The number of guanidine groups is 1. The summed E-state index contributed by atoms with van der Waals surface area (Å²) >= 11 is 6.05. The van der Waals surface area contributed by atoms with Gasteiger partial charge in [-0.25, -0.2) is 9.98 Å². The Kier molecular flexibility index (Phi) is 8.47. The molecule has 0 radical (unpaired) electrons. The number of nitrogens with one attached hydrogen (secondary N) is 1. The molecular weight excluding hydrogens is 529 g/mol. The van der Waals surface area contributed by atoms with Crippen molar-refractivity contribution in [2.24, 2.45) is 4.99 Å². The van der Waals surface area contributed by atoms with Crippen molar-refractivity contribution in [1.82, 2.24) is 25.3 Å². The first-order valence-corrected chi connectivity index (χ1v) is 10.4. The summed E-state index contributed by atoms with van der Waals surface area (Å²) in [5.74, 6) is 2.84. The van der Waals surface area contributed by atoms with Crippen LogP contribution in [0.4, 0.5) is 5.82 Å². The molecule has 1 fully saturated rings. The minimum absolute atomic E-state index is 0. The van der Waals surface area contributed by atoms with Crippen molar-refractivity contribution in [1.29, 1.82) is 0 Å². The van der Waals surface area contributed by atoms with Crippen molar-refractivity contribution in [3.05, 3.63) is 59.6 Å². The van der Waals surface area contributed by atoms with Crippen molar-refractivity contribution in [2.45, 2.75) is 13.5 Å². The van der Waals surface area contributed by atoms with Gasteiger partial charge in [0.1, 0.15) is 12.4 Å². The second kappa shape index (κ2) is 11.3. The lowest BCUT2D eigenvalue weighted by molar-refractivity contribution is 0.364. The summed E-state index contributed by atoms with van der Waals surface area (Å²) in [5.41, 5.74) is 0.819. The highest BCUT2D eigenvalue weighted by Gasteiger charge is 2.20. The summed E-state index contributed by atoms with van der Waals surface area (Å²) in [7, 11) is 0. The number of hydrogen-bond acceptors (Lipinski definition) is 6. The maximum Gasteiger partial charge on any atom is 0.248 e. The molecule has 0 atom stereocenters. The third-order valence-corrected chi connectivity index (χ3v) is 5.04. The lowest BCUT2D eigenvalue weighted by Crippen LogP contribution is -2.52. The minimum atomic E-state index is 0. The Morgan fingerprint density at radius 1 is 1.16 bits per heavy atom. The van der Waals surface area contributed by atoms with Crippen molar-refractivity contribution in [2.75, 3.05) is 37.6 Å². The van der Waals surface area contributed by atoms with E-state index in [1.54, 1.807) is 0 Å². The number of piperazine rings is 1. The second-order valence-electron chi connectivity index (χ2n) is 6.85. The van der Waals surface area contributed by atoms with Crippen LogP contribution in [0.2, 0.25) is 5.02 Å². The van der Waals surface area contributed by atoms with Crippen LogP contribution in [-0.2, 0) is 6.54 Å². The van der Waals surface area contributed by atoms with E-state index in [1.807, 2.05) is 48.7 Å². The summed E-state index contributed by atoms with van der Waals surface area (Å²) in [6.07, 6.45) is 1.83. The van der Waals surface area contributed by atoms with E-state index >= 15 is 0 Å². The number of anilines is 1. The Balaban J connectivity index is 0.00000272. The Labute approximate surface area is 203 Å².